The lowest BCUT2D eigenvalue weighted by molar-refractivity contribution is -0.133. The summed E-state index contributed by atoms with van der Waals surface area (Å²) >= 11 is 0. The topological polar surface area (TPSA) is 49.9 Å². The largest absolute Gasteiger partial charge is 0.423 e. The van der Waals surface area contributed by atoms with Gasteiger partial charge in [0.15, 0.2) is 5.75 Å². The lowest BCUT2D eigenvalue weighted by Crippen LogP contribution is -2.45. The van der Waals surface area contributed by atoms with Gasteiger partial charge in [-0.05, 0) is 56.2 Å². The number of esters is 1. The van der Waals surface area contributed by atoms with Crippen molar-refractivity contribution in [1.29, 1.82) is 0 Å². The van der Waals surface area contributed by atoms with Gasteiger partial charge >= 0.3 is 5.97 Å². The van der Waals surface area contributed by atoms with E-state index in [0.717, 1.165) is 22.5 Å². The molecule has 1 heterocycles. The molecule has 3 rings (SSSR count). The third kappa shape index (κ3) is 3.65. The van der Waals surface area contributed by atoms with Crippen LogP contribution >= 0.6 is 0 Å². The minimum atomic E-state index is -0.345. The number of hydrogen-bond acceptors (Lipinski definition) is 4. The average Bonchev–Trinajstić information content (AvgIpc) is 2.56. The Kier molecular flexibility index (Phi) is 4.74. The zero-order chi connectivity index (χ0) is 18.0. The Morgan fingerprint density at radius 2 is 1.92 bits per heavy atom. The SMILES string of the molecule is CCN(C(=O)CN1CC(=O)Oc2ccc(C)cc21)c1cccc(C)c1. The van der Waals surface area contributed by atoms with Gasteiger partial charge in [0.1, 0.15) is 6.54 Å². The van der Waals surface area contributed by atoms with Crippen molar-refractivity contribution < 1.29 is 14.3 Å². The summed E-state index contributed by atoms with van der Waals surface area (Å²) in [5.74, 6) is 0.117. The number of benzene rings is 2. The lowest BCUT2D eigenvalue weighted by atomic mass is 10.1. The molecular formula is C20H22N2O3. The molecule has 0 aromatic heterocycles. The maximum Gasteiger partial charge on any atom is 0.331 e. The molecule has 0 radical (unpaired) electrons. The maximum atomic E-state index is 12.9. The van der Waals surface area contributed by atoms with Crippen LogP contribution in [-0.2, 0) is 9.59 Å². The van der Waals surface area contributed by atoms with Gasteiger partial charge in [0, 0.05) is 12.2 Å². The van der Waals surface area contributed by atoms with Crippen LogP contribution in [0.15, 0.2) is 42.5 Å². The van der Waals surface area contributed by atoms with Gasteiger partial charge in [0.2, 0.25) is 5.91 Å². The Bertz CT molecular complexity index is 816. The second-order valence-corrected chi connectivity index (χ2v) is 6.28. The van der Waals surface area contributed by atoms with Gasteiger partial charge in [-0.25, -0.2) is 4.79 Å². The molecule has 25 heavy (non-hydrogen) atoms. The van der Waals surface area contributed by atoms with E-state index < -0.39 is 0 Å². The Balaban J connectivity index is 1.85. The summed E-state index contributed by atoms with van der Waals surface area (Å²) in [4.78, 5) is 28.3. The van der Waals surface area contributed by atoms with Gasteiger partial charge < -0.3 is 14.5 Å². The first-order chi connectivity index (χ1) is 12.0. The van der Waals surface area contributed by atoms with Gasteiger partial charge in [0.25, 0.3) is 0 Å². The maximum absolute atomic E-state index is 12.9. The molecule has 0 bridgehead atoms. The summed E-state index contributed by atoms with van der Waals surface area (Å²) in [5.41, 5.74) is 3.82. The number of aryl methyl sites for hydroxylation is 2. The molecule has 0 atom stereocenters. The van der Waals surface area contributed by atoms with Crippen molar-refractivity contribution in [2.45, 2.75) is 20.8 Å². The van der Waals surface area contributed by atoms with Crippen LogP contribution in [0.4, 0.5) is 11.4 Å². The third-order valence-electron chi connectivity index (χ3n) is 4.26. The van der Waals surface area contributed by atoms with Gasteiger partial charge in [-0.15, -0.1) is 0 Å². The molecule has 5 heteroatoms. The standard InChI is InChI=1S/C20H22N2O3/c1-4-22(16-7-5-6-14(2)10-16)19(23)12-21-13-20(24)25-18-9-8-15(3)11-17(18)21/h5-11H,4,12-13H2,1-3H3. The molecule has 0 N–H and O–H groups in total. The molecule has 2 aromatic rings. The number of rotatable bonds is 4. The number of hydrogen-bond donors (Lipinski definition) is 0. The molecule has 5 nitrogen and oxygen atoms in total. The number of amides is 1. The molecule has 0 saturated carbocycles. The highest BCUT2D eigenvalue weighted by molar-refractivity contribution is 5.98. The van der Waals surface area contributed by atoms with E-state index in [4.69, 9.17) is 4.74 Å². The van der Waals surface area contributed by atoms with Crippen molar-refractivity contribution in [2.24, 2.45) is 0 Å². The molecule has 2 aromatic carbocycles. The van der Waals surface area contributed by atoms with E-state index in [1.165, 1.54) is 0 Å². The minimum absolute atomic E-state index is 0.0461. The Morgan fingerprint density at radius 3 is 2.64 bits per heavy atom. The lowest BCUT2D eigenvalue weighted by Gasteiger charge is -2.31. The van der Waals surface area contributed by atoms with Crippen LogP contribution in [0.1, 0.15) is 18.1 Å². The van der Waals surface area contributed by atoms with Gasteiger partial charge in [-0.3, -0.25) is 4.79 Å². The summed E-state index contributed by atoms with van der Waals surface area (Å²) in [6, 6.07) is 13.5. The number of anilines is 2. The molecule has 1 aliphatic rings. The normalized spacial score (nSPS) is 13.2. The van der Waals surface area contributed by atoms with Crippen molar-refractivity contribution in [3.8, 4) is 5.75 Å². The number of carbonyl (C=O) groups excluding carboxylic acids is 2. The number of nitrogens with zero attached hydrogens (tertiary/aromatic N) is 2. The highest BCUT2D eigenvalue weighted by Crippen LogP contribution is 2.32. The summed E-state index contributed by atoms with van der Waals surface area (Å²) < 4.78 is 5.28. The van der Waals surface area contributed by atoms with Crippen LogP contribution in [0.2, 0.25) is 0 Å². The molecule has 0 aliphatic carbocycles. The summed E-state index contributed by atoms with van der Waals surface area (Å²) in [6.45, 7) is 6.70. The van der Waals surface area contributed by atoms with Crippen LogP contribution in [0.25, 0.3) is 0 Å². The first-order valence-electron chi connectivity index (χ1n) is 8.41. The van der Waals surface area contributed by atoms with E-state index in [1.54, 1.807) is 15.9 Å². The minimum Gasteiger partial charge on any atom is -0.423 e. The Hall–Kier alpha value is -2.82. The molecule has 0 spiro atoms. The fourth-order valence-electron chi connectivity index (χ4n) is 3.05. The highest BCUT2D eigenvalue weighted by Gasteiger charge is 2.27. The molecule has 0 unspecified atom stereocenters. The Morgan fingerprint density at radius 1 is 1.16 bits per heavy atom. The van der Waals surface area contributed by atoms with E-state index in [2.05, 4.69) is 0 Å². The Labute approximate surface area is 147 Å². The third-order valence-corrected chi connectivity index (χ3v) is 4.26. The smallest absolute Gasteiger partial charge is 0.331 e. The summed E-state index contributed by atoms with van der Waals surface area (Å²) in [7, 11) is 0. The molecule has 0 fully saturated rings. The van der Waals surface area contributed by atoms with Crippen LogP contribution in [0.5, 0.6) is 5.75 Å². The molecule has 0 saturated heterocycles. The van der Waals surface area contributed by atoms with Crippen LogP contribution in [0, 0.1) is 13.8 Å². The molecular weight excluding hydrogens is 316 g/mol. The second kappa shape index (κ2) is 6.97. The van der Waals surface area contributed by atoms with E-state index in [9.17, 15) is 9.59 Å². The zero-order valence-corrected chi connectivity index (χ0v) is 14.8. The fourth-order valence-corrected chi connectivity index (χ4v) is 3.05. The van der Waals surface area contributed by atoms with Gasteiger partial charge in [-0.2, -0.15) is 0 Å². The first-order valence-corrected chi connectivity index (χ1v) is 8.41. The zero-order valence-electron chi connectivity index (χ0n) is 14.8. The summed E-state index contributed by atoms with van der Waals surface area (Å²) in [5, 5.41) is 0. The van der Waals surface area contributed by atoms with Crippen molar-refractivity contribution in [3.05, 3.63) is 53.6 Å². The van der Waals surface area contributed by atoms with Gasteiger partial charge in [0.05, 0.1) is 12.2 Å². The summed E-state index contributed by atoms with van der Waals surface area (Å²) in [6.07, 6.45) is 0. The van der Waals surface area contributed by atoms with E-state index in [-0.39, 0.29) is 25.0 Å². The number of ether oxygens (including phenoxy) is 1. The molecule has 1 aliphatic heterocycles. The van der Waals surface area contributed by atoms with Crippen LogP contribution in [0.3, 0.4) is 0 Å². The number of fused-ring (bicyclic) bond motifs is 1. The predicted octanol–water partition coefficient (Wildman–Crippen LogP) is 3.08. The van der Waals surface area contributed by atoms with E-state index in [1.807, 2.05) is 57.2 Å². The quantitative estimate of drug-likeness (QED) is 0.635. The fraction of sp³-hybridized carbons (Fsp3) is 0.300. The predicted molar refractivity (Wildman–Crippen MR) is 98.2 cm³/mol. The average molecular weight is 338 g/mol. The number of likely N-dealkylation sites (N-methyl/N-ethyl adjacent to an activating group) is 1. The van der Waals surface area contributed by atoms with Crippen LogP contribution in [-0.4, -0.2) is 31.5 Å². The van der Waals surface area contributed by atoms with Crippen molar-refractivity contribution in [2.75, 3.05) is 29.4 Å². The molecule has 130 valence electrons. The number of carbonyl (C=O) groups is 2. The van der Waals surface area contributed by atoms with E-state index >= 15 is 0 Å². The van der Waals surface area contributed by atoms with E-state index in [0.29, 0.717) is 12.3 Å². The van der Waals surface area contributed by atoms with Gasteiger partial charge in [-0.1, -0.05) is 18.2 Å². The van der Waals surface area contributed by atoms with Crippen molar-refractivity contribution in [1.82, 2.24) is 0 Å². The van der Waals surface area contributed by atoms with Crippen molar-refractivity contribution >= 4 is 23.3 Å². The first kappa shape index (κ1) is 17.0. The van der Waals surface area contributed by atoms with Crippen molar-refractivity contribution in [3.63, 3.8) is 0 Å². The van der Waals surface area contributed by atoms with Crippen LogP contribution < -0.4 is 14.5 Å². The molecule has 1 amide bonds. The monoisotopic (exact) mass is 338 g/mol. The highest BCUT2D eigenvalue weighted by atomic mass is 16.5. The second-order valence-electron chi connectivity index (χ2n) is 6.28.